The van der Waals surface area contributed by atoms with Crippen LogP contribution in [0.5, 0.6) is 0 Å². The average molecular weight is 445 g/mol. The number of nitrogens with zero attached hydrogens (tertiary/aromatic N) is 1. The van der Waals surface area contributed by atoms with Gasteiger partial charge in [-0.05, 0) is 42.4 Å². The molecule has 1 atom stereocenters. The zero-order valence-corrected chi connectivity index (χ0v) is 21.2. The lowest BCUT2D eigenvalue weighted by Crippen LogP contribution is -1.99. The Bertz CT molecular complexity index is 922. The van der Waals surface area contributed by atoms with Crippen molar-refractivity contribution in [1.82, 2.24) is 9.97 Å². The lowest BCUT2D eigenvalue weighted by molar-refractivity contribution is 0.521. The predicted molar refractivity (Wildman–Crippen MR) is 144 cm³/mol. The molecule has 0 aliphatic heterocycles. The highest BCUT2D eigenvalue weighted by Gasteiger charge is 2.16. The van der Waals surface area contributed by atoms with E-state index in [1.165, 1.54) is 105 Å². The van der Waals surface area contributed by atoms with Crippen LogP contribution in [0.25, 0.3) is 22.5 Å². The molecule has 1 heterocycles. The number of aryl methyl sites for hydroxylation is 1. The van der Waals surface area contributed by atoms with E-state index in [0.29, 0.717) is 5.92 Å². The topological polar surface area (TPSA) is 28.7 Å². The van der Waals surface area contributed by atoms with Crippen LogP contribution in [0, 0.1) is 0 Å². The summed E-state index contributed by atoms with van der Waals surface area (Å²) in [4.78, 5) is 8.53. The van der Waals surface area contributed by atoms with Crippen LogP contribution in [0.1, 0.15) is 109 Å². The van der Waals surface area contributed by atoms with Gasteiger partial charge in [-0.15, -0.1) is 0 Å². The van der Waals surface area contributed by atoms with Crippen molar-refractivity contribution in [2.75, 3.05) is 0 Å². The van der Waals surface area contributed by atoms with Crippen LogP contribution < -0.4 is 0 Å². The molecule has 1 aromatic heterocycles. The van der Waals surface area contributed by atoms with Gasteiger partial charge in [-0.3, -0.25) is 0 Å². The second kappa shape index (κ2) is 14.0. The van der Waals surface area contributed by atoms with Crippen LogP contribution in [-0.4, -0.2) is 9.97 Å². The molecule has 0 saturated heterocycles. The third-order valence-corrected chi connectivity index (χ3v) is 6.84. The van der Waals surface area contributed by atoms with Gasteiger partial charge in [0.25, 0.3) is 0 Å². The molecule has 3 rings (SSSR count). The molecule has 1 unspecified atom stereocenters. The Kier molecular flexibility index (Phi) is 10.7. The fraction of sp³-hybridized carbons (Fsp3) is 0.516. The molecule has 1 N–H and O–H groups in total. The molecule has 0 bridgehead atoms. The van der Waals surface area contributed by atoms with Gasteiger partial charge in [-0.25, -0.2) is 4.98 Å². The van der Waals surface area contributed by atoms with Crippen LogP contribution in [-0.2, 0) is 6.42 Å². The SMILES string of the molecule is CCCCCCCc1ccc(-c2ccccc2-c2ncc(C(CCC)CCCCC)[nH]2)cc1. The van der Waals surface area contributed by atoms with Crippen molar-refractivity contribution in [2.45, 2.75) is 104 Å². The fourth-order valence-electron chi connectivity index (χ4n) is 4.85. The Balaban J connectivity index is 1.73. The Morgan fingerprint density at radius 3 is 2.12 bits per heavy atom. The Morgan fingerprint density at radius 2 is 1.39 bits per heavy atom. The first-order valence-electron chi connectivity index (χ1n) is 13.5. The van der Waals surface area contributed by atoms with Crippen LogP contribution >= 0.6 is 0 Å². The molecule has 0 aliphatic rings. The second-order valence-electron chi connectivity index (χ2n) is 9.58. The number of hydrogen-bond acceptors (Lipinski definition) is 1. The Morgan fingerprint density at radius 1 is 0.697 bits per heavy atom. The highest BCUT2D eigenvalue weighted by atomic mass is 14.9. The van der Waals surface area contributed by atoms with Crippen molar-refractivity contribution in [3.05, 3.63) is 66.0 Å². The maximum Gasteiger partial charge on any atom is 0.138 e. The quantitative estimate of drug-likeness (QED) is 0.232. The lowest BCUT2D eigenvalue weighted by Gasteiger charge is -2.14. The number of aromatic amines is 1. The summed E-state index contributed by atoms with van der Waals surface area (Å²) in [5.74, 6) is 1.59. The molecule has 2 nitrogen and oxygen atoms in total. The number of rotatable bonds is 15. The summed E-state index contributed by atoms with van der Waals surface area (Å²) in [6.07, 6.45) is 17.5. The first kappa shape index (κ1) is 25.3. The van der Waals surface area contributed by atoms with Gasteiger partial charge in [0.15, 0.2) is 0 Å². The van der Waals surface area contributed by atoms with Gasteiger partial charge in [0.2, 0.25) is 0 Å². The maximum atomic E-state index is 4.83. The summed E-state index contributed by atoms with van der Waals surface area (Å²) >= 11 is 0. The molecule has 2 aromatic carbocycles. The smallest absolute Gasteiger partial charge is 0.138 e. The van der Waals surface area contributed by atoms with Crippen molar-refractivity contribution in [1.29, 1.82) is 0 Å². The summed E-state index contributed by atoms with van der Waals surface area (Å²) < 4.78 is 0. The number of nitrogens with one attached hydrogen (secondary N) is 1. The number of H-pyrrole nitrogens is 1. The van der Waals surface area contributed by atoms with Crippen LogP contribution in [0.2, 0.25) is 0 Å². The van der Waals surface area contributed by atoms with Gasteiger partial charge in [-0.1, -0.05) is 121 Å². The molecule has 2 heteroatoms. The molecule has 3 aromatic rings. The van der Waals surface area contributed by atoms with Crippen LogP contribution in [0.3, 0.4) is 0 Å². The van der Waals surface area contributed by atoms with E-state index in [9.17, 15) is 0 Å². The highest BCUT2D eigenvalue weighted by Crippen LogP contribution is 2.33. The van der Waals surface area contributed by atoms with E-state index in [2.05, 4.69) is 80.5 Å². The predicted octanol–water partition coefficient (Wildman–Crippen LogP) is 9.72. The van der Waals surface area contributed by atoms with Crippen molar-refractivity contribution in [2.24, 2.45) is 0 Å². The summed E-state index contributed by atoms with van der Waals surface area (Å²) in [7, 11) is 0. The van der Waals surface area contributed by atoms with E-state index in [-0.39, 0.29) is 0 Å². The van der Waals surface area contributed by atoms with Crippen molar-refractivity contribution in [3.8, 4) is 22.5 Å². The summed E-state index contributed by atoms with van der Waals surface area (Å²) in [5, 5.41) is 0. The molecule has 0 radical (unpaired) electrons. The minimum absolute atomic E-state index is 0.589. The monoisotopic (exact) mass is 444 g/mol. The Hall–Kier alpha value is -2.35. The second-order valence-corrected chi connectivity index (χ2v) is 9.58. The van der Waals surface area contributed by atoms with Crippen LogP contribution in [0.15, 0.2) is 54.7 Å². The number of imidazole rings is 1. The van der Waals surface area contributed by atoms with E-state index in [1.807, 2.05) is 0 Å². The van der Waals surface area contributed by atoms with E-state index < -0.39 is 0 Å². The first-order valence-corrected chi connectivity index (χ1v) is 13.5. The zero-order valence-electron chi connectivity index (χ0n) is 21.2. The average Bonchev–Trinajstić information content (AvgIpc) is 3.34. The molecule has 0 spiro atoms. The number of hydrogen-bond donors (Lipinski definition) is 1. The highest BCUT2D eigenvalue weighted by molar-refractivity contribution is 5.80. The molecule has 0 fully saturated rings. The normalized spacial score (nSPS) is 12.2. The van der Waals surface area contributed by atoms with Crippen LogP contribution in [0.4, 0.5) is 0 Å². The number of aromatic nitrogens is 2. The molecular weight excluding hydrogens is 400 g/mol. The lowest BCUT2D eigenvalue weighted by atomic mass is 9.94. The minimum atomic E-state index is 0.589. The molecule has 33 heavy (non-hydrogen) atoms. The van der Waals surface area contributed by atoms with Crippen molar-refractivity contribution >= 4 is 0 Å². The third-order valence-electron chi connectivity index (χ3n) is 6.84. The van der Waals surface area contributed by atoms with E-state index in [4.69, 9.17) is 4.98 Å². The molecule has 0 aliphatic carbocycles. The molecule has 0 saturated carbocycles. The van der Waals surface area contributed by atoms with E-state index in [1.54, 1.807) is 0 Å². The molecule has 178 valence electrons. The Labute approximate surface area is 202 Å². The minimum Gasteiger partial charge on any atom is -0.342 e. The van der Waals surface area contributed by atoms with E-state index >= 15 is 0 Å². The first-order chi connectivity index (χ1) is 16.3. The molecule has 0 amide bonds. The summed E-state index contributed by atoms with van der Waals surface area (Å²) in [6.45, 7) is 6.84. The third kappa shape index (κ3) is 7.59. The number of unbranched alkanes of at least 4 members (excludes halogenated alkanes) is 6. The van der Waals surface area contributed by atoms with Crippen molar-refractivity contribution in [3.63, 3.8) is 0 Å². The van der Waals surface area contributed by atoms with Gasteiger partial charge in [0.05, 0.1) is 0 Å². The largest absolute Gasteiger partial charge is 0.342 e. The number of benzene rings is 2. The van der Waals surface area contributed by atoms with E-state index in [0.717, 1.165) is 5.82 Å². The fourth-order valence-corrected chi connectivity index (χ4v) is 4.85. The summed E-state index contributed by atoms with van der Waals surface area (Å²) in [6, 6.07) is 17.9. The van der Waals surface area contributed by atoms with Gasteiger partial charge in [-0.2, -0.15) is 0 Å². The maximum absolute atomic E-state index is 4.83. The van der Waals surface area contributed by atoms with Gasteiger partial charge < -0.3 is 4.98 Å². The molecular formula is C31H44N2. The summed E-state index contributed by atoms with van der Waals surface area (Å²) in [5.41, 5.74) is 6.47. The van der Waals surface area contributed by atoms with Gasteiger partial charge in [0, 0.05) is 23.4 Å². The zero-order chi connectivity index (χ0) is 23.3. The standard InChI is InChI=1S/C31H44N2/c1-4-7-9-10-12-16-25-20-22-26(23-21-25)28-18-13-14-19-29(28)31-32-24-30(33-31)27(15-6-3)17-11-8-5-2/h13-14,18-24,27H,4-12,15-17H2,1-3H3,(H,32,33). The van der Waals surface area contributed by atoms with Crippen molar-refractivity contribution < 1.29 is 0 Å². The van der Waals surface area contributed by atoms with Gasteiger partial charge in [0.1, 0.15) is 5.82 Å². The van der Waals surface area contributed by atoms with Gasteiger partial charge >= 0.3 is 0 Å².